The van der Waals surface area contributed by atoms with E-state index < -0.39 is 0 Å². The summed E-state index contributed by atoms with van der Waals surface area (Å²) in [6.07, 6.45) is 5.07. The number of hydrogen-bond donors (Lipinski definition) is 2. The van der Waals surface area contributed by atoms with Gasteiger partial charge in [0.05, 0.1) is 6.54 Å². The van der Waals surface area contributed by atoms with Crippen LogP contribution in [0.4, 0.5) is 0 Å². The maximum atomic E-state index is 12.3. The molecule has 1 saturated carbocycles. The third-order valence-corrected chi connectivity index (χ3v) is 4.71. The summed E-state index contributed by atoms with van der Waals surface area (Å²) < 4.78 is 0. The number of guanidine groups is 1. The van der Waals surface area contributed by atoms with Crippen LogP contribution in [0.25, 0.3) is 0 Å². The van der Waals surface area contributed by atoms with E-state index in [0.29, 0.717) is 12.6 Å². The molecule has 1 aromatic carbocycles. The predicted octanol–water partition coefficient (Wildman–Crippen LogP) is 3.78. The molecule has 6 heteroatoms. The highest BCUT2D eigenvalue weighted by atomic mass is 127. The molecule has 0 heterocycles. The number of carbonyl (C=O) groups is 1. The van der Waals surface area contributed by atoms with E-state index in [2.05, 4.69) is 22.5 Å². The Morgan fingerprint density at radius 2 is 1.73 bits per heavy atom. The number of nitrogens with one attached hydrogen (secondary N) is 2. The molecule has 0 aliphatic heterocycles. The van der Waals surface area contributed by atoms with Crippen LogP contribution in [-0.2, 0) is 6.54 Å². The van der Waals surface area contributed by atoms with Crippen LogP contribution in [0.2, 0.25) is 0 Å². The van der Waals surface area contributed by atoms with Crippen molar-refractivity contribution in [2.75, 3.05) is 19.6 Å². The quantitative estimate of drug-likeness (QED) is 0.361. The van der Waals surface area contributed by atoms with E-state index in [4.69, 9.17) is 0 Å². The Balaban J connectivity index is 0.00000338. The second-order valence-electron chi connectivity index (χ2n) is 6.50. The van der Waals surface area contributed by atoms with Crippen molar-refractivity contribution < 1.29 is 4.79 Å². The lowest BCUT2D eigenvalue weighted by Crippen LogP contribution is -2.42. The summed E-state index contributed by atoms with van der Waals surface area (Å²) in [4.78, 5) is 18.9. The number of amides is 1. The van der Waals surface area contributed by atoms with Gasteiger partial charge in [-0.1, -0.05) is 25.0 Å². The summed E-state index contributed by atoms with van der Waals surface area (Å²) in [5, 5.41) is 6.84. The molecule has 1 fully saturated rings. The Morgan fingerprint density at radius 1 is 1.12 bits per heavy atom. The minimum absolute atomic E-state index is 0. The highest BCUT2D eigenvalue weighted by Crippen LogP contribution is 2.17. The van der Waals surface area contributed by atoms with Crippen molar-refractivity contribution in [1.82, 2.24) is 15.5 Å². The molecule has 2 rings (SSSR count). The van der Waals surface area contributed by atoms with Gasteiger partial charge in [0.2, 0.25) is 0 Å². The molecule has 1 amide bonds. The first-order valence-corrected chi connectivity index (χ1v) is 9.60. The average molecular weight is 472 g/mol. The van der Waals surface area contributed by atoms with Crippen molar-refractivity contribution in [3.8, 4) is 0 Å². The molecular weight excluding hydrogens is 439 g/mol. The van der Waals surface area contributed by atoms with Gasteiger partial charge in [-0.15, -0.1) is 24.0 Å². The van der Waals surface area contributed by atoms with Crippen LogP contribution >= 0.6 is 24.0 Å². The summed E-state index contributed by atoms with van der Waals surface area (Å²) in [7, 11) is 0. The molecule has 26 heavy (non-hydrogen) atoms. The maximum Gasteiger partial charge on any atom is 0.253 e. The van der Waals surface area contributed by atoms with Crippen molar-refractivity contribution in [2.45, 2.75) is 59.0 Å². The number of carbonyl (C=O) groups excluding carboxylic acids is 1. The molecule has 146 valence electrons. The molecule has 1 aromatic rings. The van der Waals surface area contributed by atoms with Gasteiger partial charge in [-0.3, -0.25) is 4.79 Å². The van der Waals surface area contributed by atoms with Crippen molar-refractivity contribution in [1.29, 1.82) is 0 Å². The van der Waals surface area contributed by atoms with E-state index in [1.165, 1.54) is 25.7 Å². The molecule has 1 aliphatic carbocycles. The molecule has 0 spiro atoms. The zero-order chi connectivity index (χ0) is 18.1. The number of halogens is 1. The number of benzene rings is 1. The third kappa shape index (κ3) is 6.78. The fourth-order valence-corrected chi connectivity index (χ4v) is 3.20. The van der Waals surface area contributed by atoms with Gasteiger partial charge in [0.25, 0.3) is 5.91 Å². The Morgan fingerprint density at radius 3 is 2.27 bits per heavy atom. The fourth-order valence-electron chi connectivity index (χ4n) is 3.20. The molecule has 0 bridgehead atoms. The summed E-state index contributed by atoms with van der Waals surface area (Å²) in [6.45, 7) is 9.03. The van der Waals surface area contributed by atoms with Gasteiger partial charge in [0, 0.05) is 31.2 Å². The van der Waals surface area contributed by atoms with Crippen LogP contribution in [0, 0.1) is 0 Å². The minimum atomic E-state index is 0. The predicted molar refractivity (Wildman–Crippen MR) is 119 cm³/mol. The lowest BCUT2D eigenvalue weighted by atomic mass is 10.1. The Hall–Kier alpha value is -1.31. The maximum absolute atomic E-state index is 12.3. The van der Waals surface area contributed by atoms with Crippen molar-refractivity contribution in [3.63, 3.8) is 0 Å². The van der Waals surface area contributed by atoms with Crippen LogP contribution in [-0.4, -0.2) is 42.4 Å². The standard InChI is InChI=1S/C20H32N4O.HI/c1-4-21-20(23-18-9-7-8-10-18)22-15-16-11-13-17(14-12-16)19(25)24(5-2)6-3;/h11-14,18H,4-10,15H2,1-3H3,(H2,21,22,23);1H. The number of rotatable bonds is 7. The second kappa shape index (κ2) is 12.1. The van der Waals surface area contributed by atoms with E-state index in [1.807, 2.05) is 43.0 Å². The molecular formula is C20H33IN4O. The summed E-state index contributed by atoms with van der Waals surface area (Å²) in [6, 6.07) is 8.36. The van der Waals surface area contributed by atoms with Crippen LogP contribution < -0.4 is 10.6 Å². The smallest absolute Gasteiger partial charge is 0.253 e. The first-order chi connectivity index (χ1) is 12.2. The van der Waals surface area contributed by atoms with Gasteiger partial charge in [-0.2, -0.15) is 0 Å². The van der Waals surface area contributed by atoms with Gasteiger partial charge >= 0.3 is 0 Å². The zero-order valence-electron chi connectivity index (χ0n) is 16.3. The first-order valence-electron chi connectivity index (χ1n) is 9.60. The summed E-state index contributed by atoms with van der Waals surface area (Å²) >= 11 is 0. The molecule has 0 aromatic heterocycles. The highest BCUT2D eigenvalue weighted by molar-refractivity contribution is 14.0. The van der Waals surface area contributed by atoms with E-state index in [-0.39, 0.29) is 29.9 Å². The van der Waals surface area contributed by atoms with E-state index in [9.17, 15) is 4.79 Å². The summed E-state index contributed by atoms with van der Waals surface area (Å²) in [5.41, 5.74) is 1.85. The van der Waals surface area contributed by atoms with Crippen LogP contribution in [0.15, 0.2) is 29.3 Å². The highest BCUT2D eigenvalue weighted by Gasteiger charge is 2.16. The van der Waals surface area contributed by atoms with Gasteiger partial charge in [0.1, 0.15) is 0 Å². The van der Waals surface area contributed by atoms with Crippen LogP contribution in [0.1, 0.15) is 62.4 Å². The topological polar surface area (TPSA) is 56.7 Å². The number of nitrogens with zero attached hydrogens (tertiary/aromatic N) is 2. The lowest BCUT2D eigenvalue weighted by molar-refractivity contribution is 0.0773. The Labute approximate surface area is 175 Å². The monoisotopic (exact) mass is 472 g/mol. The third-order valence-electron chi connectivity index (χ3n) is 4.71. The normalized spacial score (nSPS) is 14.7. The number of hydrogen-bond acceptors (Lipinski definition) is 2. The van der Waals surface area contributed by atoms with E-state index >= 15 is 0 Å². The number of aliphatic imine (C=N–C) groups is 1. The lowest BCUT2D eigenvalue weighted by Gasteiger charge is -2.18. The van der Waals surface area contributed by atoms with Crippen molar-refractivity contribution >= 4 is 35.8 Å². The molecule has 0 radical (unpaired) electrons. The summed E-state index contributed by atoms with van der Waals surface area (Å²) in [5.74, 6) is 0.981. The average Bonchev–Trinajstić information content (AvgIpc) is 3.14. The minimum Gasteiger partial charge on any atom is -0.357 e. The van der Waals surface area contributed by atoms with Crippen molar-refractivity contribution in [3.05, 3.63) is 35.4 Å². The fraction of sp³-hybridized carbons (Fsp3) is 0.600. The van der Waals surface area contributed by atoms with Gasteiger partial charge in [0.15, 0.2) is 5.96 Å². The molecule has 5 nitrogen and oxygen atoms in total. The molecule has 0 unspecified atom stereocenters. The first kappa shape index (κ1) is 22.7. The molecule has 0 atom stereocenters. The molecule has 2 N–H and O–H groups in total. The van der Waals surface area contributed by atoms with Crippen LogP contribution in [0.5, 0.6) is 0 Å². The SMILES string of the molecule is CCNC(=NCc1ccc(C(=O)N(CC)CC)cc1)NC1CCCC1.I. The van der Waals surface area contributed by atoms with E-state index in [0.717, 1.165) is 36.7 Å². The van der Waals surface area contributed by atoms with Gasteiger partial charge < -0.3 is 15.5 Å². The Kier molecular flexibility index (Phi) is 10.6. The Bertz CT molecular complexity index is 564. The largest absolute Gasteiger partial charge is 0.357 e. The van der Waals surface area contributed by atoms with Crippen molar-refractivity contribution in [2.24, 2.45) is 4.99 Å². The van der Waals surface area contributed by atoms with Gasteiger partial charge in [-0.25, -0.2) is 4.99 Å². The second-order valence-corrected chi connectivity index (χ2v) is 6.50. The molecule has 1 aliphatic rings. The zero-order valence-corrected chi connectivity index (χ0v) is 18.6. The van der Waals surface area contributed by atoms with E-state index in [1.54, 1.807) is 0 Å². The van der Waals surface area contributed by atoms with Crippen LogP contribution in [0.3, 0.4) is 0 Å². The van der Waals surface area contributed by atoms with Gasteiger partial charge in [-0.05, 0) is 51.3 Å². The molecule has 0 saturated heterocycles.